The summed E-state index contributed by atoms with van der Waals surface area (Å²) in [5.41, 5.74) is 1.45. The fraction of sp³-hybridized carbons (Fsp3) is 0.762. The fourth-order valence-electron chi connectivity index (χ4n) is 4.65. The number of thiazole rings is 1. The molecule has 0 bridgehead atoms. The van der Waals surface area contributed by atoms with Crippen LogP contribution in [0.5, 0.6) is 0 Å². The number of likely N-dealkylation sites (tertiary alicyclic amines) is 1. The van der Waals surface area contributed by atoms with Gasteiger partial charge in [-0.15, -0.1) is 0 Å². The largest absolute Gasteiger partial charge is 0.365 e. The van der Waals surface area contributed by atoms with Crippen LogP contribution in [-0.4, -0.2) is 45.0 Å². The standard InChI is InChI=1S/C21H32ClN5S/c1-4-16-24-17-18(25-20(22)26-19(17)28-16)23-14-6-8-15(9-7-14)27-12-10-21(3,5-2)11-13-27/h14-15H,4-13H2,1-3H3,(H,23,25,26)/t14-,15-. The minimum atomic E-state index is 0.308. The van der Waals surface area contributed by atoms with Crippen LogP contribution in [0.1, 0.15) is 70.7 Å². The molecule has 1 N–H and O–H groups in total. The van der Waals surface area contributed by atoms with E-state index in [1.807, 2.05) is 0 Å². The Balaban J connectivity index is 1.36. The van der Waals surface area contributed by atoms with Crippen molar-refractivity contribution in [2.24, 2.45) is 5.41 Å². The topological polar surface area (TPSA) is 53.9 Å². The summed E-state index contributed by atoms with van der Waals surface area (Å²) in [4.78, 5) is 17.2. The summed E-state index contributed by atoms with van der Waals surface area (Å²) in [6, 6.07) is 1.20. The summed E-state index contributed by atoms with van der Waals surface area (Å²) in [5.74, 6) is 0.811. The molecule has 1 aliphatic heterocycles. The summed E-state index contributed by atoms with van der Waals surface area (Å²) in [6.07, 6.45) is 9.81. The summed E-state index contributed by atoms with van der Waals surface area (Å²) in [6.45, 7) is 9.46. The Labute approximate surface area is 177 Å². The smallest absolute Gasteiger partial charge is 0.225 e. The van der Waals surface area contributed by atoms with Crippen LogP contribution in [-0.2, 0) is 6.42 Å². The van der Waals surface area contributed by atoms with Gasteiger partial charge in [-0.25, -0.2) is 9.97 Å². The van der Waals surface area contributed by atoms with E-state index in [1.54, 1.807) is 11.3 Å². The van der Waals surface area contributed by atoms with Gasteiger partial charge in [0.25, 0.3) is 0 Å². The predicted molar refractivity (Wildman–Crippen MR) is 118 cm³/mol. The lowest BCUT2D eigenvalue weighted by atomic mass is 9.77. The lowest BCUT2D eigenvalue weighted by Gasteiger charge is -2.44. The van der Waals surface area contributed by atoms with E-state index in [2.05, 4.69) is 41.0 Å². The molecule has 1 saturated heterocycles. The van der Waals surface area contributed by atoms with Crippen LogP contribution in [0.2, 0.25) is 5.28 Å². The SMILES string of the molecule is CCc1nc2c(N[C@H]3CC[C@H](N4CCC(C)(CC)CC4)CC3)nc(Cl)nc2s1. The minimum Gasteiger partial charge on any atom is -0.365 e. The first-order valence-corrected chi connectivity index (χ1v) is 12.0. The zero-order chi connectivity index (χ0) is 19.7. The van der Waals surface area contributed by atoms with Gasteiger partial charge < -0.3 is 10.2 Å². The van der Waals surface area contributed by atoms with Gasteiger partial charge in [0.15, 0.2) is 10.6 Å². The van der Waals surface area contributed by atoms with E-state index in [1.165, 1.54) is 58.0 Å². The lowest BCUT2D eigenvalue weighted by molar-refractivity contribution is 0.0641. The number of anilines is 1. The van der Waals surface area contributed by atoms with E-state index in [-0.39, 0.29) is 0 Å². The zero-order valence-corrected chi connectivity index (χ0v) is 18.9. The molecule has 0 spiro atoms. The fourth-order valence-corrected chi connectivity index (χ4v) is 5.75. The highest BCUT2D eigenvalue weighted by molar-refractivity contribution is 7.18. The Hall–Kier alpha value is -0.980. The van der Waals surface area contributed by atoms with Crippen molar-refractivity contribution in [2.75, 3.05) is 18.4 Å². The number of piperidine rings is 1. The number of rotatable bonds is 5. The lowest BCUT2D eigenvalue weighted by Crippen LogP contribution is -2.46. The van der Waals surface area contributed by atoms with Gasteiger partial charge in [0, 0.05) is 12.1 Å². The second-order valence-corrected chi connectivity index (χ2v) is 10.2. The first-order chi connectivity index (χ1) is 13.5. The van der Waals surface area contributed by atoms with Crippen molar-refractivity contribution in [3.63, 3.8) is 0 Å². The number of aromatic nitrogens is 3. The first kappa shape index (κ1) is 20.3. The molecule has 0 radical (unpaired) electrons. The Kier molecular flexibility index (Phi) is 6.09. The van der Waals surface area contributed by atoms with E-state index in [0.717, 1.165) is 33.6 Å². The number of nitrogens with one attached hydrogen (secondary N) is 1. The van der Waals surface area contributed by atoms with E-state index >= 15 is 0 Å². The average molecular weight is 422 g/mol. The first-order valence-electron chi connectivity index (χ1n) is 10.8. The number of halogens is 1. The molecule has 0 amide bonds. The normalized spacial score (nSPS) is 25.9. The average Bonchev–Trinajstić information content (AvgIpc) is 3.13. The van der Waals surface area contributed by atoms with E-state index < -0.39 is 0 Å². The van der Waals surface area contributed by atoms with Crippen molar-refractivity contribution in [1.82, 2.24) is 19.9 Å². The third-order valence-corrected chi connectivity index (χ3v) is 8.25. The quantitative estimate of drug-likeness (QED) is 0.642. The van der Waals surface area contributed by atoms with Gasteiger partial charge in [-0.05, 0) is 75.1 Å². The van der Waals surface area contributed by atoms with E-state index in [4.69, 9.17) is 16.6 Å². The molecule has 1 aliphatic carbocycles. The van der Waals surface area contributed by atoms with Crippen LogP contribution in [0, 0.1) is 5.41 Å². The van der Waals surface area contributed by atoms with Gasteiger partial charge in [-0.1, -0.05) is 38.5 Å². The van der Waals surface area contributed by atoms with Crippen LogP contribution >= 0.6 is 22.9 Å². The molecule has 28 heavy (non-hydrogen) atoms. The van der Waals surface area contributed by atoms with Gasteiger partial charge in [-0.2, -0.15) is 4.98 Å². The van der Waals surface area contributed by atoms with Gasteiger partial charge in [0.05, 0.1) is 5.01 Å². The third-order valence-electron chi connectivity index (χ3n) is 6.99. The maximum atomic E-state index is 6.16. The molecule has 2 aliphatic rings. The predicted octanol–water partition coefficient (Wildman–Crippen LogP) is 5.54. The molecular weight excluding hydrogens is 390 g/mol. The molecule has 3 heterocycles. The van der Waals surface area contributed by atoms with Crippen molar-refractivity contribution in [3.05, 3.63) is 10.3 Å². The summed E-state index contributed by atoms with van der Waals surface area (Å²) in [7, 11) is 0. The molecule has 2 aromatic rings. The van der Waals surface area contributed by atoms with Gasteiger partial charge >= 0.3 is 0 Å². The van der Waals surface area contributed by atoms with Crippen LogP contribution in [0.3, 0.4) is 0 Å². The van der Waals surface area contributed by atoms with Crippen molar-refractivity contribution in [3.8, 4) is 0 Å². The van der Waals surface area contributed by atoms with Crippen LogP contribution in [0.15, 0.2) is 0 Å². The highest BCUT2D eigenvalue weighted by Crippen LogP contribution is 2.37. The molecule has 7 heteroatoms. The van der Waals surface area contributed by atoms with Gasteiger partial charge in [-0.3, -0.25) is 0 Å². The molecule has 0 aromatic carbocycles. The van der Waals surface area contributed by atoms with Crippen molar-refractivity contribution in [1.29, 1.82) is 0 Å². The molecule has 1 saturated carbocycles. The summed E-state index contributed by atoms with van der Waals surface area (Å²) in [5, 5.41) is 5.03. The summed E-state index contributed by atoms with van der Waals surface area (Å²) < 4.78 is 0. The van der Waals surface area contributed by atoms with E-state index in [9.17, 15) is 0 Å². The Morgan fingerprint density at radius 1 is 1.11 bits per heavy atom. The van der Waals surface area contributed by atoms with Crippen LogP contribution < -0.4 is 5.32 Å². The maximum absolute atomic E-state index is 6.16. The Bertz CT molecular complexity index is 806. The molecule has 0 unspecified atom stereocenters. The molecule has 5 nitrogen and oxygen atoms in total. The number of aryl methyl sites for hydroxylation is 1. The Morgan fingerprint density at radius 2 is 1.82 bits per heavy atom. The van der Waals surface area contributed by atoms with Crippen molar-refractivity contribution < 1.29 is 0 Å². The monoisotopic (exact) mass is 421 g/mol. The zero-order valence-electron chi connectivity index (χ0n) is 17.3. The number of hydrogen-bond acceptors (Lipinski definition) is 6. The van der Waals surface area contributed by atoms with Crippen LogP contribution in [0.25, 0.3) is 10.3 Å². The third kappa shape index (κ3) is 4.29. The van der Waals surface area contributed by atoms with E-state index in [0.29, 0.717) is 16.7 Å². The van der Waals surface area contributed by atoms with Crippen molar-refractivity contribution in [2.45, 2.75) is 84.2 Å². The Morgan fingerprint density at radius 3 is 2.46 bits per heavy atom. The van der Waals surface area contributed by atoms with Gasteiger partial charge in [0.2, 0.25) is 5.28 Å². The maximum Gasteiger partial charge on any atom is 0.225 e. The second-order valence-electron chi connectivity index (χ2n) is 8.81. The highest BCUT2D eigenvalue weighted by Gasteiger charge is 2.33. The molecular formula is C21H32ClN5S. The molecule has 4 rings (SSSR count). The van der Waals surface area contributed by atoms with Crippen molar-refractivity contribution >= 4 is 39.1 Å². The molecule has 2 aromatic heterocycles. The molecule has 0 atom stereocenters. The summed E-state index contributed by atoms with van der Waals surface area (Å²) >= 11 is 7.78. The van der Waals surface area contributed by atoms with Crippen LogP contribution in [0.4, 0.5) is 5.82 Å². The highest BCUT2D eigenvalue weighted by atomic mass is 35.5. The van der Waals surface area contributed by atoms with Gasteiger partial charge in [0.1, 0.15) is 5.52 Å². The molecule has 154 valence electrons. The number of nitrogens with zero attached hydrogens (tertiary/aromatic N) is 4. The number of fused-ring (bicyclic) bond motifs is 1. The second kappa shape index (κ2) is 8.41. The molecule has 2 fully saturated rings. The number of hydrogen-bond donors (Lipinski definition) is 1. The minimum absolute atomic E-state index is 0.308.